The Bertz CT molecular complexity index is 1080. The Balaban J connectivity index is 1.51. The maximum absolute atomic E-state index is 5.95. The summed E-state index contributed by atoms with van der Waals surface area (Å²) in [6, 6.07) is 14.9. The summed E-state index contributed by atoms with van der Waals surface area (Å²) in [6.07, 6.45) is 1.66. The molecule has 5 heteroatoms. The van der Waals surface area contributed by atoms with E-state index in [-0.39, 0.29) is 0 Å². The Morgan fingerprint density at radius 3 is 2.43 bits per heavy atom. The Morgan fingerprint density at radius 2 is 1.68 bits per heavy atom. The lowest BCUT2D eigenvalue weighted by Gasteiger charge is -2.09. The van der Waals surface area contributed by atoms with Gasteiger partial charge < -0.3 is 4.74 Å². The number of ether oxygens (including phenoxy) is 1. The monoisotopic (exact) mass is 406 g/mol. The molecule has 0 aliphatic carbocycles. The number of aryl methyl sites for hydroxylation is 3. The van der Waals surface area contributed by atoms with Gasteiger partial charge in [0.25, 0.3) is 0 Å². The fourth-order valence-electron chi connectivity index (χ4n) is 3.22. The topological polar surface area (TPSA) is 35.0 Å². The predicted molar refractivity (Wildman–Crippen MR) is 120 cm³/mol. The van der Waals surface area contributed by atoms with Crippen molar-refractivity contribution < 1.29 is 4.74 Å². The van der Waals surface area contributed by atoms with Crippen molar-refractivity contribution in [2.24, 2.45) is 0 Å². The summed E-state index contributed by atoms with van der Waals surface area (Å²) >= 11 is 3.40. The van der Waals surface area contributed by atoms with Crippen molar-refractivity contribution in [1.82, 2.24) is 9.97 Å². The van der Waals surface area contributed by atoms with E-state index in [9.17, 15) is 0 Å². The molecule has 28 heavy (non-hydrogen) atoms. The van der Waals surface area contributed by atoms with Gasteiger partial charge in [0, 0.05) is 16.7 Å². The van der Waals surface area contributed by atoms with E-state index in [0.717, 1.165) is 26.7 Å². The molecule has 2 aromatic heterocycles. The first-order valence-corrected chi connectivity index (χ1v) is 11.1. The molecule has 142 valence electrons. The minimum Gasteiger partial charge on any atom is -0.493 e. The summed E-state index contributed by atoms with van der Waals surface area (Å²) in [5.41, 5.74) is 6.12. The molecule has 2 aromatic carbocycles. The number of rotatable bonds is 6. The van der Waals surface area contributed by atoms with Crippen LogP contribution in [0.25, 0.3) is 21.3 Å². The molecule has 4 aromatic rings. The molecular formula is C23H22N2OS2. The molecule has 0 N–H and O–H groups in total. The highest BCUT2D eigenvalue weighted by atomic mass is 32.2. The second-order valence-electron chi connectivity index (χ2n) is 6.89. The molecule has 0 spiro atoms. The largest absolute Gasteiger partial charge is 0.493 e. The number of nitrogens with zero attached hydrogens (tertiary/aromatic N) is 2. The zero-order valence-electron chi connectivity index (χ0n) is 16.2. The van der Waals surface area contributed by atoms with Gasteiger partial charge in [-0.05, 0) is 49.6 Å². The molecule has 4 rings (SSSR count). The molecule has 2 heterocycles. The summed E-state index contributed by atoms with van der Waals surface area (Å²) in [5.74, 6) is 1.77. The average molecular weight is 407 g/mol. The Hall–Kier alpha value is -2.37. The van der Waals surface area contributed by atoms with Gasteiger partial charge in [0.1, 0.15) is 21.9 Å². The summed E-state index contributed by atoms with van der Waals surface area (Å²) in [5, 5.41) is 4.35. The highest BCUT2D eigenvalue weighted by Gasteiger charge is 2.13. The van der Waals surface area contributed by atoms with E-state index >= 15 is 0 Å². The molecule has 0 atom stereocenters. The van der Waals surface area contributed by atoms with Gasteiger partial charge >= 0.3 is 0 Å². The third-order valence-electron chi connectivity index (χ3n) is 4.48. The number of fused-ring (bicyclic) bond motifs is 1. The molecule has 0 radical (unpaired) electrons. The highest BCUT2D eigenvalue weighted by Crippen LogP contribution is 2.37. The second-order valence-corrected chi connectivity index (χ2v) is 8.84. The SMILES string of the molecule is Cc1ccc(-c2csc3ncnc(SCCOc4cc(C)cc(C)c4)c23)cc1. The summed E-state index contributed by atoms with van der Waals surface area (Å²) in [6.45, 7) is 6.93. The van der Waals surface area contributed by atoms with E-state index in [4.69, 9.17) is 4.74 Å². The Labute approximate surface area is 173 Å². The van der Waals surface area contributed by atoms with Crippen molar-refractivity contribution in [3.63, 3.8) is 0 Å². The zero-order chi connectivity index (χ0) is 19.5. The number of benzene rings is 2. The number of hydrogen-bond acceptors (Lipinski definition) is 5. The lowest BCUT2D eigenvalue weighted by Crippen LogP contribution is -2.01. The lowest BCUT2D eigenvalue weighted by molar-refractivity contribution is 0.343. The van der Waals surface area contributed by atoms with Crippen molar-refractivity contribution in [2.75, 3.05) is 12.4 Å². The quantitative estimate of drug-likeness (QED) is 0.209. The lowest BCUT2D eigenvalue weighted by atomic mass is 10.1. The van der Waals surface area contributed by atoms with Crippen LogP contribution in [0, 0.1) is 20.8 Å². The van der Waals surface area contributed by atoms with Crippen molar-refractivity contribution in [1.29, 1.82) is 0 Å². The molecule has 0 saturated heterocycles. The molecule has 0 aliphatic rings. The van der Waals surface area contributed by atoms with Crippen molar-refractivity contribution in [3.8, 4) is 16.9 Å². The van der Waals surface area contributed by atoms with E-state index in [1.165, 1.54) is 27.8 Å². The van der Waals surface area contributed by atoms with Crippen LogP contribution >= 0.6 is 23.1 Å². The fraction of sp³-hybridized carbons (Fsp3) is 0.217. The van der Waals surface area contributed by atoms with Gasteiger partial charge in [0.05, 0.1) is 12.0 Å². The standard InChI is InChI=1S/C23H22N2OS2/c1-15-4-6-18(7-5-15)20-13-28-23-21(20)22(24-14-25-23)27-9-8-26-19-11-16(2)10-17(3)12-19/h4-7,10-14H,8-9H2,1-3H3. The van der Waals surface area contributed by atoms with E-state index in [0.29, 0.717) is 6.61 Å². The van der Waals surface area contributed by atoms with Gasteiger partial charge in [0.15, 0.2) is 0 Å². The van der Waals surface area contributed by atoms with E-state index < -0.39 is 0 Å². The Morgan fingerprint density at radius 1 is 0.929 bits per heavy atom. The minimum atomic E-state index is 0.642. The van der Waals surface area contributed by atoms with Gasteiger partial charge in [-0.2, -0.15) is 0 Å². The number of thiophene rings is 1. The smallest absolute Gasteiger partial charge is 0.128 e. The molecule has 0 unspecified atom stereocenters. The third-order valence-corrected chi connectivity index (χ3v) is 6.32. The average Bonchev–Trinajstić information content (AvgIpc) is 3.10. The highest BCUT2D eigenvalue weighted by molar-refractivity contribution is 7.99. The minimum absolute atomic E-state index is 0.642. The van der Waals surface area contributed by atoms with Gasteiger partial charge in [0.2, 0.25) is 0 Å². The number of aromatic nitrogens is 2. The maximum atomic E-state index is 5.95. The van der Waals surface area contributed by atoms with Crippen LogP contribution in [-0.4, -0.2) is 22.3 Å². The van der Waals surface area contributed by atoms with Crippen LogP contribution in [0.3, 0.4) is 0 Å². The first-order valence-electron chi connectivity index (χ1n) is 9.23. The van der Waals surface area contributed by atoms with Crippen LogP contribution in [0.5, 0.6) is 5.75 Å². The first-order chi connectivity index (χ1) is 13.6. The fourth-order valence-corrected chi connectivity index (χ4v) is 5.03. The van der Waals surface area contributed by atoms with E-state index in [1.807, 2.05) is 0 Å². The molecule has 0 aliphatic heterocycles. The second kappa shape index (κ2) is 8.33. The maximum Gasteiger partial charge on any atom is 0.128 e. The van der Waals surface area contributed by atoms with E-state index in [1.54, 1.807) is 29.4 Å². The van der Waals surface area contributed by atoms with Crippen molar-refractivity contribution in [3.05, 3.63) is 70.9 Å². The predicted octanol–water partition coefficient (Wildman–Crippen LogP) is 6.45. The Kier molecular flexibility index (Phi) is 5.64. The van der Waals surface area contributed by atoms with Crippen LogP contribution < -0.4 is 4.74 Å². The normalized spacial score (nSPS) is 11.1. The molecular weight excluding hydrogens is 384 g/mol. The van der Waals surface area contributed by atoms with Crippen molar-refractivity contribution >= 4 is 33.3 Å². The number of hydrogen-bond donors (Lipinski definition) is 0. The van der Waals surface area contributed by atoms with Crippen molar-refractivity contribution in [2.45, 2.75) is 25.8 Å². The van der Waals surface area contributed by atoms with Gasteiger partial charge in [-0.25, -0.2) is 9.97 Å². The van der Waals surface area contributed by atoms with Crippen LogP contribution in [0.15, 0.2) is 59.2 Å². The molecule has 0 saturated carbocycles. The summed E-state index contributed by atoms with van der Waals surface area (Å²) in [4.78, 5) is 10.1. The van der Waals surface area contributed by atoms with Crippen LogP contribution in [0.2, 0.25) is 0 Å². The summed E-state index contributed by atoms with van der Waals surface area (Å²) in [7, 11) is 0. The van der Waals surface area contributed by atoms with Crippen LogP contribution in [-0.2, 0) is 0 Å². The molecule has 0 bridgehead atoms. The van der Waals surface area contributed by atoms with E-state index in [2.05, 4.69) is 78.6 Å². The van der Waals surface area contributed by atoms with Crippen LogP contribution in [0.1, 0.15) is 16.7 Å². The number of thioether (sulfide) groups is 1. The van der Waals surface area contributed by atoms with Crippen LogP contribution in [0.4, 0.5) is 0 Å². The third kappa shape index (κ3) is 4.21. The summed E-state index contributed by atoms with van der Waals surface area (Å²) < 4.78 is 5.95. The zero-order valence-corrected chi connectivity index (χ0v) is 17.9. The van der Waals surface area contributed by atoms with Gasteiger partial charge in [-0.15, -0.1) is 23.1 Å². The molecule has 0 amide bonds. The molecule has 0 fully saturated rings. The van der Waals surface area contributed by atoms with Gasteiger partial charge in [-0.1, -0.05) is 35.9 Å². The molecule has 3 nitrogen and oxygen atoms in total. The van der Waals surface area contributed by atoms with Gasteiger partial charge in [-0.3, -0.25) is 0 Å². The first kappa shape index (κ1) is 19.0.